The summed E-state index contributed by atoms with van der Waals surface area (Å²) < 4.78 is 5.24. The number of nitrogens with zero attached hydrogens (tertiary/aromatic N) is 3. The molecule has 0 aromatic carbocycles. The van der Waals surface area contributed by atoms with Gasteiger partial charge in [-0.25, -0.2) is 9.97 Å². The summed E-state index contributed by atoms with van der Waals surface area (Å²) in [6.45, 7) is 4.06. The molecule has 0 aliphatic rings. The second-order valence-electron chi connectivity index (χ2n) is 3.90. The molecule has 18 heavy (non-hydrogen) atoms. The second-order valence-corrected chi connectivity index (χ2v) is 3.90. The maximum Gasteiger partial charge on any atom is 0.291 e. The highest BCUT2D eigenvalue weighted by molar-refractivity contribution is 5.90. The summed E-state index contributed by atoms with van der Waals surface area (Å²) in [4.78, 5) is 19.8. The first kappa shape index (κ1) is 12.3. The van der Waals surface area contributed by atoms with Crippen molar-refractivity contribution in [2.75, 3.05) is 0 Å². The van der Waals surface area contributed by atoms with Crippen molar-refractivity contribution in [2.45, 2.75) is 33.2 Å². The van der Waals surface area contributed by atoms with Gasteiger partial charge < -0.3 is 9.73 Å². The van der Waals surface area contributed by atoms with Crippen LogP contribution in [0.4, 0.5) is 0 Å². The zero-order valence-electron chi connectivity index (χ0n) is 10.4. The minimum atomic E-state index is -0.343. The predicted octanol–water partition coefficient (Wildman–Crippen LogP) is 0.984. The molecule has 0 aliphatic carbocycles. The summed E-state index contributed by atoms with van der Waals surface area (Å²) in [7, 11) is 0. The molecule has 0 saturated heterocycles. The van der Waals surface area contributed by atoms with Gasteiger partial charge in [0, 0.05) is 6.42 Å². The molecule has 96 valence electrons. The number of hydrogen-bond donors (Lipinski definition) is 2. The minimum Gasteiger partial charge on any atom is -0.444 e. The summed E-state index contributed by atoms with van der Waals surface area (Å²) in [6.07, 6.45) is 3.33. The molecule has 2 heterocycles. The van der Waals surface area contributed by atoms with Crippen molar-refractivity contribution < 1.29 is 9.21 Å². The van der Waals surface area contributed by atoms with Crippen LogP contribution in [0, 0.1) is 6.92 Å². The number of nitrogens with one attached hydrogen (secondary N) is 2. The standard InChI is InChI=1S/C11H15N5O2/c1-3-4-8-14-10(16-15-8)11(17)13-6-9-12-5-7(2)18-9/h5H,3-4,6H2,1-2H3,(H,13,17)(H,14,15,16). The van der Waals surface area contributed by atoms with Crippen LogP contribution in [0.1, 0.15) is 41.4 Å². The van der Waals surface area contributed by atoms with Gasteiger partial charge in [0.15, 0.2) is 0 Å². The Bertz CT molecular complexity index is 531. The average Bonchev–Trinajstić information content (AvgIpc) is 2.96. The highest BCUT2D eigenvalue weighted by atomic mass is 16.4. The van der Waals surface area contributed by atoms with Gasteiger partial charge in [-0.2, -0.15) is 0 Å². The molecule has 2 aromatic heterocycles. The molecule has 0 fully saturated rings. The van der Waals surface area contributed by atoms with E-state index < -0.39 is 0 Å². The molecule has 0 bridgehead atoms. The van der Waals surface area contributed by atoms with E-state index in [1.807, 2.05) is 6.92 Å². The maximum atomic E-state index is 11.7. The molecule has 0 atom stereocenters. The van der Waals surface area contributed by atoms with E-state index >= 15 is 0 Å². The molecule has 0 aliphatic heterocycles. The molecule has 2 N–H and O–H groups in total. The molecule has 0 saturated carbocycles. The van der Waals surface area contributed by atoms with Crippen molar-refractivity contribution in [3.8, 4) is 0 Å². The van der Waals surface area contributed by atoms with Crippen LogP contribution < -0.4 is 5.32 Å². The highest BCUT2D eigenvalue weighted by Gasteiger charge is 2.12. The summed E-state index contributed by atoms with van der Waals surface area (Å²) in [5.74, 6) is 1.69. The van der Waals surface area contributed by atoms with Gasteiger partial charge in [0.2, 0.25) is 11.7 Å². The molecule has 0 spiro atoms. The molecule has 7 nitrogen and oxygen atoms in total. The zero-order valence-corrected chi connectivity index (χ0v) is 10.4. The number of amides is 1. The van der Waals surface area contributed by atoms with Crippen molar-refractivity contribution >= 4 is 5.91 Å². The first-order valence-electron chi connectivity index (χ1n) is 5.80. The monoisotopic (exact) mass is 249 g/mol. The van der Waals surface area contributed by atoms with Gasteiger partial charge in [-0.3, -0.25) is 9.89 Å². The van der Waals surface area contributed by atoms with Gasteiger partial charge in [0.1, 0.15) is 11.6 Å². The van der Waals surface area contributed by atoms with Crippen LogP contribution in [0.2, 0.25) is 0 Å². The lowest BCUT2D eigenvalue weighted by atomic mass is 10.3. The van der Waals surface area contributed by atoms with Crippen molar-refractivity contribution in [3.05, 3.63) is 29.5 Å². The Balaban J connectivity index is 1.90. The first-order chi connectivity index (χ1) is 8.69. The summed E-state index contributed by atoms with van der Waals surface area (Å²) in [5, 5.41) is 9.23. The van der Waals surface area contributed by atoms with Gasteiger partial charge in [0.05, 0.1) is 12.7 Å². The maximum absolute atomic E-state index is 11.7. The summed E-state index contributed by atoms with van der Waals surface area (Å²) in [6, 6.07) is 0. The third-order valence-corrected chi connectivity index (χ3v) is 2.29. The van der Waals surface area contributed by atoms with Crippen LogP contribution in [-0.2, 0) is 13.0 Å². The quantitative estimate of drug-likeness (QED) is 0.823. The Labute approximate surface area is 104 Å². The number of hydrogen-bond acceptors (Lipinski definition) is 5. The van der Waals surface area contributed by atoms with Crippen molar-refractivity contribution in [1.29, 1.82) is 0 Å². The number of aromatic amines is 1. The Morgan fingerprint density at radius 2 is 2.39 bits per heavy atom. The molecular weight excluding hydrogens is 234 g/mol. The van der Waals surface area contributed by atoms with E-state index in [4.69, 9.17) is 4.42 Å². The van der Waals surface area contributed by atoms with Crippen LogP contribution in [0.5, 0.6) is 0 Å². The molecular formula is C11H15N5O2. The minimum absolute atomic E-state index is 0.140. The number of carbonyl (C=O) groups excluding carboxylic acids is 1. The number of rotatable bonds is 5. The van der Waals surface area contributed by atoms with Crippen LogP contribution in [0.3, 0.4) is 0 Å². The Morgan fingerprint density at radius 1 is 1.56 bits per heavy atom. The van der Waals surface area contributed by atoms with E-state index in [0.717, 1.165) is 18.7 Å². The molecule has 2 rings (SSSR count). The Kier molecular flexibility index (Phi) is 3.71. The number of H-pyrrole nitrogens is 1. The second kappa shape index (κ2) is 5.44. The van der Waals surface area contributed by atoms with Gasteiger partial charge in [0.25, 0.3) is 5.91 Å². The van der Waals surface area contributed by atoms with Gasteiger partial charge in [-0.15, -0.1) is 5.10 Å². The zero-order chi connectivity index (χ0) is 13.0. The van der Waals surface area contributed by atoms with Crippen molar-refractivity contribution in [3.63, 3.8) is 0 Å². The van der Waals surface area contributed by atoms with Crippen LogP contribution >= 0.6 is 0 Å². The van der Waals surface area contributed by atoms with E-state index in [1.54, 1.807) is 13.1 Å². The molecule has 1 amide bonds. The summed E-state index contributed by atoms with van der Waals surface area (Å²) >= 11 is 0. The fourth-order valence-corrected chi connectivity index (χ4v) is 1.46. The third-order valence-electron chi connectivity index (χ3n) is 2.29. The van der Waals surface area contributed by atoms with Crippen molar-refractivity contribution in [1.82, 2.24) is 25.5 Å². The van der Waals surface area contributed by atoms with E-state index in [-0.39, 0.29) is 18.3 Å². The van der Waals surface area contributed by atoms with Gasteiger partial charge in [-0.05, 0) is 13.3 Å². The molecule has 0 radical (unpaired) electrons. The molecule has 2 aromatic rings. The highest BCUT2D eigenvalue weighted by Crippen LogP contribution is 2.01. The number of aromatic nitrogens is 4. The lowest BCUT2D eigenvalue weighted by Crippen LogP contribution is -2.24. The number of oxazole rings is 1. The van der Waals surface area contributed by atoms with Crippen LogP contribution in [-0.4, -0.2) is 26.1 Å². The largest absolute Gasteiger partial charge is 0.444 e. The lowest BCUT2D eigenvalue weighted by molar-refractivity contribution is 0.0937. The average molecular weight is 249 g/mol. The normalized spacial score (nSPS) is 10.6. The van der Waals surface area contributed by atoms with Crippen LogP contribution in [0.15, 0.2) is 10.6 Å². The Hall–Kier alpha value is -2.18. The Morgan fingerprint density at radius 3 is 3.06 bits per heavy atom. The van der Waals surface area contributed by atoms with E-state index in [2.05, 4.69) is 25.5 Å². The van der Waals surface area contributed by atoms with Gasteiger partial charge in [-0.1, -0.05) is 6.92 Å². The fourth-order valence-electron chi connectivity index (χ4n) is 1.46. The fraction of sp³-hybridized carbons (Fsp3) is 0.455. The third kappa shape index (κ3) is 2.93. The van der Waals surface area contributed by atoms with Gasteiger partial charge >= 0.3 is 0 Å². The SMILES string of the molecule is CCCc1nc(C(=O)NCc2ncc(C)o2)n[nH]1. The molecule has 0 unspecified atom stereocenters. The smallest absolute Gasteiger partial charge is 0.291 e. The lowest BCUT2D eigenvalue weighted by Gasteiger charge is -1.97. The number of carbonyl (C=O) groups is 1. The molecule has 7 heteroatoms. The number of aryl methyl sites for hydroxylation is 2. The van der Waals surface area contributed by atoms with Crippen molar-refractivity contribution in [2.24, 2.45) is 0 Å². The van der Waals surface area contributed by atoms with Crippen LogP contribution in [0.25, 0.3) is 0 Å². The van der Waals surface area contributed by atoms with E-state index in [9.17, 15) is 4.79 Å². The summed E-state index contributed by atoms with van der Waals surface area (Å²) in [5.41, 5.74) is 0. The van der Waals surface area contributed by atoms with E-state index in [0.29, 0.717) is 11.7 Å². The van der Waals surface area contributed by atoms with E-state index in [1.165, 1.54) is 0 Å². The first-order valence-corrected chi connectivity index (χ1v) is 5.80. The predicted molar refractivity (Wildman–Crippen MR) is 62.8 cm³/mol. The topological polar surface area (TPSA) is 96.7 Å².